The van der Waals surface area contributed by atoms with Gasteiger partial charge in [0.05, 0.1) is 6.61 Å². The number of aliphatic hydroxyl groups is 1. The fourth-order valence-electron chi connectivity index (χ4n) is 2.18. The van der Waals surface area contributed by atoms with Gasteiger partial charge in [-0.15, -0.1) is 0 Å². The Morgan fingerprint density at radius 3 is 2.42 bits per heavy atom. The molecule has 0 aliphatic carbocycles. The molecule has 4 heteroatoms. The summed E-state index contributed by atoms with van der Waals surface area (Å²) in [5.74, 6) is 0.151. The Labute approximate surface area is 142 Å². The normalized spacial score (nSPS) is 10.3. The number of aliphatic hydroxyl groups excluding tert-OH is 1. The number of carbonyl (C=O) groups is 1. The third-order valence-electron chi connectivity index (χ3n) is 3.50. The van der Waals surface area contributed by atoms with Gasteiger partial charge < -0.3 is 14.6 Å². The monoisotopic (exact) mass is 326 g/mol. The molecule has 0 atom stereocenters. The fourth-order valence-corrected chi connectivity index (χ4v) is 2.18. The molecule has 24 heavy (non-hydrogen) atoms. The maximum atomic E-state index is 11.6. The number of rotatable bonds is 7. The third-order valence-corrected chi connectivity index (χ3v) is 3.50. The minimum Gasteiger partial charge on any atom is -0.491 e. The van der Waals surface area contributed by atoms with Gasteiger partial charge >= 0.3 is 5.97 Å². The maximum absolute atomic E-state index is 11.6. The van der Waals surface area contributed by atoms with Crippen LogP contribution in [0.3, 0.4) is 0 Å². The lowest BCUT2D eigenvalue weighted by Crippen LogP contribution is -2.08. The second-order valence-corrected chi connectivity index (χ2v) is 5.62. The van der Waals surface area contributed by atoms with E-state index in [1.165, 1.54) is 5.56 Å². The van der Waals surface area contributed by atoms with Crippen LogP contribution >= 0.6 is 0 Å². The molecule has 0 bridgehead atoms. The minimum atomic E-state index is -0.441. The molecule has 0 fully saturated rings. The summed E-state index contributed by atoms with van der Waals surface area (Å²) in [6.45, 7) is 7.42. The quantitative estimate of drug-likeness (QED) is 0.623. The van der Waals surface area contributed by atoms with Gasteiger partial charge in [0.15, 0.2) is 0 Å². The highest BCUT2D eigenvalue weighted by molar-refractivity contribution is 5.87. The van der Waals surface area contributed by atoms with Gasteiger partial charge in [0.25, 0.3) is 0 Å². The van der Waals surface area contributed by atoms with E-state index in [-0.39, 0.29) is 19.8 Å². The molecule has 0 amide bonds. The van der Waals surface area contributed by atoms with Crippen molar-refractivity contribution in [2.75, 3.05) is 13.2 Å². The predicted octanol–water partition coefficient (Wildman–Crippen LogP) is 3.65. The number of hydrogen-bond acceptors (Lipinski definition) is 4. The number of benzene rings is 2. The molecule has 0 aromatic heterocycles. The van der Waals surface area contributed by atoms with E-state index in [2.05, 4.69) is 6.58 Å². The summed E-state index contributed by atoms with van der Waals surface area (Å²) in [4.78, 5) is 11.6. The van der Waals surface area contributed by atoms with Gasteiger partial charge in [-0.05, 0) is 37.1 Å². The first kappa shape index (κ1) is 17.8. The zero-order chi connectivity index (χ0) is 17.5. The van der Waals surface area contributed by atoms with Gasteiger partial charge in [-0.25, -0.2) is 4.79 Å². The van der Waals surface area contributed by atoms with E-state index in [1.807, 2.05) is 49.4 Å². The van der Waals surface area contributed by atoms with E-state index in [1.54, 1.807) is 6.92 Å². The smallest absolute Gasteiger partial charge is 0.333 e. The van der Waals surface area contributed by atoms with Gasteiger partial charge in [0, 0.05) is 11.1 Å². The lowest BCUT2D eigenvalue weighted by Gasteiger charge is -2.13. The predicted molar refractivity (Wildman–Crippen MR) is 93.8 cm³/mol. The standard InChI is InChI=1S/C20H22O4/c1-14(2)20(22)24-13-18-12-17(8-9-19(18)23-11-10-21)16-6-4-15(3)5-7-16/h4-9,12,21H,1,10-11,13H2,2-3H3. The molecule has 0 saturated heterocycles. The maximum Gasteiger partial charge on any atom is 0.333 e. The van der Waals surface area contributed by atoms with Gasteiger partial charge in [0.1, 0.15) is 19.0 Å². The number of aryl methyl sites for hydroxylation is 1. The highest BCUT2D eigenvalue weighted by Gasteiger charge is 2.10. The van der Waals surface area contributed by atoms with Crippen LogP contribution in [0.1, 0.15) is 18.1 Å². The molecule has 4 nitrogen and oxygen atoms in total. The molecular weight excluding hydrogens is 304 g/mol. The summed E-state index contributed by atoms with van der Waals surface area (Å²) in [6, 6.07) is 13.9. The van der Waals surface area contributed by atoms with Crippen molar-refractivity contribution in [3.8, 4) is 16.9 Å². The molecule has 0 saturated carbocycles. The van der Waals surface area contributed by atoms with Crippen molar-refractivity contribution in [1.29, 1.82) is 0 Å². The molecule has 0 heterocycles. The van der Waals surface area contributed by atoms with Crippen LogP contribution in [-0.2, 0) is 16.1 Å². The van der Waals surface area contributed by atoms with Crippen LogP contribution in [0.2, 0.25) is 0 Å². The molecule has 2 aromatic carbocycles. The van der Waals surface area contributed by atoms with Crippen LogP contribution in [0.25, 0.3) is 11.1 Å². The zero-order valence-electron chi connectivity index (χ0n) is 14.0. The van der Waals surface area contributed by atoms with Crippen LogP contribution in [0.5, 0.6) is 5.75 Å². The Morgan fingerprint density at radius 1 is 1.12 bits per heavy atom. The average molecular weight is 326 g/mol. The molecular formula is C20H22O4. The van der Waals surface area contributed by atoms with E-state index in [0.717, 1.165) is 16.7 Å². The summed E-state index contributed by atoms with van der Waals surface area (Å²) < 4.78 is 10.8. The highest BCUT2D eigenvalue weighted by atomic mass is 16.5. The highest BCUT2D eigenvalue weighted by Crippen LogP contribution is 2.28. The van der Waals surface area contributed by atoms with Gasteiger partial charge in [0.2, 0.25) is 0 Å². The lowest BCUT2D eigenvalue weighted by atomic mass is 10.0. The summed E-state index contributed by atoms with van der Waals surface area (Å²) in [5.41, 5.74) is 4.37. The topological polar surface area (TPSA) is 55.8 Å². The van der Waals surface area contributed by atoms with Crippen molar-refractivity contribution >= 4 is 5.97 Å². The Hall–Kier alpha value is -2.59. The van der Waals surface area contributed by atoms with Crippen molar-refractivity contribution < 1.29 is 19.4 Å². The molecule has 0 radical (unpaired) electrons. The van der Waals surface area contributed by atoms with Crippen LogP contribution < -0.4 is 4.74 Å². The van der Waals surface area contributed by atoms with E-state index in [4.69, 9.17) is 14.6 Å². The zero-order valence-corrected chi connectivity index (χ0v) is 14.0. The number of ether oxygens (including phenoxy) is 2. The molecule has 2 aromatic rings. The number of hydrogen-bond donors (Lipinski definition) is 1. The minimum absolute atomic E-state index is 0.0787. The molecule has 2 rings (SSSR count). The molecule has 0 spiro atoms. The summed E-state index contributed by atoms with van der Waals surface area (Å²) >= 11 is 0. The van der Waals surface area contributed by atoms with Crippen molar-refractivity contribution in [3.63, 3.8) is 0 Å². The Morgan fingerprint density at radius 2 is 1.79 bits per heavy atom. The van der Waals surface area contributed by atoms with Crippen LogP contribution in [0.4, 0.5) is 0 Å². The van der Waals surface area contributed by atoms with Gasteiger partial charge in [-0.3, -0.25) is 0 Å². The third kappa shape index (κ3) is 4.70. The summed E-state index contributed by atoms with van der Waals surface area (Å²) in [5, 5.41) is 8.95. The average Bonchev–Trinajstić information content (AvgIpc) is 2.58. The van der Waals surface area contributed by atoms with Crippen molar-refractivity contribution in [2.24, 2.45) is 0 Å². The van der Waals surface area contributed by atoms with Crippen molar-refractivity contribution in [1.82, 2.24) is 0 Å². The second-order valence-electron chi connectivity index (χ2n) is 5.62. The Balaban J connectivity index is 2.28. The number of carbonyl (C=O) groups excluding carboxylic acids is 1. The first-order chi connectivity index (χ1) is 11.5. The van der Waals surface area contributed by atoms with Crippen LogP contribution in [0, 0.1) is 6.92 Å². The summed E-state index contributed by atoms with van der Waals surface area (Å²) in [7, 11) is 0. The Kier molecular flexibility index (Phi) is 6.15. The van der Waals surface area contributed by atoms with E-state index < -0.39 is 5.97 Å². The van der Waals surface area contributed by atoms with Crippen LogP contribution in [-0.4, -0.2) is 24.3 Å². The number of esters is 1. The second kappa shape index (κ2) is 8.31. The summed E-state index contributed by atoms with van der Waals surface area (Å²) in [6.07, 6.45) is 0. The molecule has 0 unspecified atom stereocenters. The van der Waals surface area contributed by atoms with E-state index >= 15 is 0 Å². The molecule has 126 valence electrons. The van der Waals surface area contributed by atoms with Crippen LogP contribution in [0.15, 0.2) is 54.6 Å². The van der Waals surface area contributed by atoms with Gasteiger partial charge in [-0.1, -0.05) is 42.5 Å². The molecule has 1 N–H and O–H groups in total. The van der Waals surface area contributed by atoms with Crippen molar-refractivity contribution in [2.45, 2.75) is 20.5 Å². The fraction of sp³-hybridized carbons (Fsp3) is 0.250. The molecule has 0 aliphatic heterocycles. The lowest BCUT2D eigenvalue weighted by molar-refractivity contribution is -0.140. The first-order valence-corrected chi connectivity index (χ1v) is 7.77. The van der Waals surface area contributed by atoms with Crippen molar-refractivity contribution in [3.05, 3.63) is 65.7 Å². The van der Waals surface area contributed by atoms with Gasteiger partial charge in [-0.2, -0.15) is 0 Å². The first-order valence-electron chi connectivity index (χ1n) is 7.77. The van der Waals surface area contributed by atoms with E-state index in [0.29, 0.717) is 11.3 Å². The molecule has 0 aliphatic rings. The Bertz CT molecular complexity index is 717. The van der Waals surface area contributed by atoms with E-state index in [9.17, 15) is 4.79 Å². The SMILES string of the molecule is C=C(C)C(=O)OCc1cc(-c2ccc(C)cc2)ccc1OCCO. The largest absolute Gasteiger partial charge is 0.491 e.